The predicted octanol–water partition coefficient (Wildman–Crippen LogP) is 3.29. The third-order valence-corrected chi connectivity index (χ3v) is 7.06. The first-order valence-corrected chi connectivity index (χ1v) is 10.8. The van der Waals surface area contributed by atoms with Crippen LogP contribution in [-0.2, 0) is 27.4 Å². The Hall–Kier alpha value is -2.66. The maximum atomic E-state index is 13.9. The van der Waals surface area contributed by atoms with Crippen LogP contribution in [-0.4, -0.2) is 50.0 Å². The molecule has 11 heteroatoms. The van der Waals surface area contributed by atoms with Gasteiger partial charge in [0.2, 0.25) is 10.0 Å². The fraction of sp³-hybridized carbons (Fsp3) is 0.350. The maximum Gasteiger partial charge on any atom is 0.419 e. The van der Waals surface area contributed by atoms with Gasteiger partial charge in [0, 0.05) is 31.9 Å². The molecular weight excluding hydrogens is 440 g/mol. The average molecular weight is 460 g/mol. The monoisotopic (exact) mass is 460 g/mol. The number of aliphatic carboxylic acids is 1. The Kier molecular flexibility index (Phi) is 6.28. The van der Waals surface area contributed by atoms with Gasteiger partial charge in [-0.05, 0) is 48.4 Å². The molecule has 0 aromatic heterocycles. The molecule has 0 amide bonds. The summed E-state index contributed by atoms with van der Waals surface area (Å²) in [7, 11) is -3.89. The largest absolute Gasteiger partial charge is 0.481 e. The number of sulfonamides is 1. The van der Waals surface area contributed by atoms with Gasteiger partial charge >= 0.3 is 12.1 Å². The number of anilines is 1. The van der Waals surface area contributed by atoms with E-state index >= 15 is 0 Å². The van der Waals surface area contributed by atoms with E-state index in [9.17, 15) is 30.8 Å². The molecule has 0 bridgehead atoms. The standard InChI is InChI=1S/C20H20F4N2O4S/c1-13-2-4-16(10-14(13)11-19(27)28)31(29,30)26-8-6-25(7-9-26)15-3-5-17(18(21)12-15)20(22,23)24/h2-5,10,12H,6-9,11H2,1H3,(H,27,28). The Labute approximate surface area is 176 Å². The molecule has 0 spiro atoms. The van der Waals surface area contributed by atoms with Crippen molar-refractivity contribution in [1.29, 1.82) is 0 Å². The number of piperazine rings is 1. The third-order valence-electron chi connectivity index (χ3n) is 5.16. The number of benzene rings is 2. The van der Waals surface area contributed by atoms with Gasteiger partial charge in [0.1, 0.15) is 5.82 Å². The molecule has 0 radical (unpaired) electrons. The first-order valence-electron chi connectivity index (χ1n) is 9.33. The second-order valence-electron chi connectivity index (χ2n) is 7.21. The van der Waals surface area contributed by atoms with Gasteiger partial charge in [-0.15, -0.1) is 0 Å². The number of hydrogen-bond acceptors (Lipinski definition) is 4. The molecule has 6 nitrogen and oxygen atoms in total. The molecule has 0 atom stereocenters. The van der Waals surface area contributed by atoms with Crippen LogP contribution in [0.5, 0.6) is 0 Å². The van der Waals surface area contributed by atoms with Crippen molar-refractivity contribution in [2.75, 3.05) is 31.1 Å². The van der Waals surface area contributed by atoms with E-state index in [0.717, 1.165) is 12.1 Å². The maximum absolute atomic E-state index is 13.9. The molecule has 0 unspecified atom stereocenters. The molecule has 1 aliphatic rings. The Morgan fingerprint density at radius 2 is 1.71 bits per heavy atom. The summed E-state index contributed by atoms with van der Waals surface area (Å²) in [5.41, 5.74) is -0.0569. The zero-order chi connectivity index (χ0) is 23.0. The van der Waals surface area contributed by atoms with Gasteiger partial charge in [-0.2, -0.15) is 17.5 Å². The molecule has 2 aromatic carbocycles. The molecule has 1 saturated heterocycles. The summed E-state index contributed by atoms with van der Waals surface area (Å²) in [4.78, 5) is 12.6. The molecule has 1 heterocycles. The summed E-state index contributed by atoms with van der Waals surface area (Å²) in [5, 5.41) is 9.00. The van der Waals surface area contributed by atoms with Crippen LogP contribution in [0.1, 0.15) is 16.7 Å². The fourth-order valence-corrected chi connectivity index (χ4v) is 4.90. The highest BCUT2D eigenvalue weighted by Crippen LogP contribution is 2.33. The summed E-state index contributed by atoms with van der Waals surface area (Å²) >= 11 is 0. The second kappa shape index (κ2) is 8.46. The van der Waals surface area contributed by atoms with Gasteiger partial charge in [-0.1, -0.05) is 6.07 Å². The molecule has 2 aromatic rings. The number of hydrogen-bond donors (Lipinski definition) is 1. The van der Waals surface area contributed by atoms with Gasteiger partial charge < -0.3 is 10.0 Å². The third kappa shape index (κ3) is 4.99. The number of alkyl halides is 3. The lowest BCUT2D eigenvalue weighted by Gasteiger charge is -2.35. The van der Waals surface area contributed by atoms with Crippen molar-refractivity contribution < 1.29 is 35.9 Å². The van der Waals surface area contributed by atoms with Crippen molar-refractivity contribution in [2.24, 2.45) is 0 Å². The minimum absolute atomic E-state index is 0.0247. The lowest BCUT2D eigenvalue weighted by atomic mass is 10.1. The van der Waals surface area contributed by atoms with Crippen molar-refractivity contribution in [3.63, 3.8) is 0 Å². The lowest BCUT2D eigenvalue weighted by Crippen LogP contribution is -2.48. The minimum Gasteiger partial charge on any atom is -0.481 e. The normalized spacial score (nSPS) is 15.8. The van der Waals surface area contributed by atoms with E-state index in [1.54, 1.807) is 17.9 Å². The zero-order valence-electron chi connectivity index (χ0n) is 16.5. The number of aryl methyl sites for hydroxylation is 1. The quantitative estimate of drug-likeness (QED) is 0.693. The van der Waals surface area contributed by atoms with Crippen molar-refractivity contribution >= 4 is 21.7 Å². The number of carboxylic acid groups (broad SMARTS) is 1. The highest BCUT2D eigenvalue weighted by atomic mass is 32.2. The van der Waals surface area contributed by atoms with Gasteiger partial charge in [0.05, 0.1) is 16.9 Å². The van der Waals surface area contributed by atoms with Gasteiger partial charge in [0.25, 0.3) is 0 Å². The molecule has 0 aliphatic carbocycles. The summed E-state index contributed by atoms with van der Waals surface area (Å²) in [5.74, 6) is -2.46. The smallest absolute Gasteiger partial charge is 0.419 e. The first-order chi connectivity index (χ1) is 14.4. The van der Waals surface area contributed by atoms with Crippen molar-refractivity contribution in [3.05, 3.63) is 58.9 Å². The molecule has 3 rings (SSSR count). The summed E-state index contributed by atoms with van der Waals surface area (Å²) in [6.07, 6.45) is -5.09. The topological polar surface area (TPSA) is 77.9 Å². The SMILES string of the molecule is Cc1ccc(S(=O)(=O)N2CCN(c3ccc(C(F)(F)F)c(F)c3)CC2)cc1CC(=O)O. The highest BCUT2D eigenvalue weighted by Gasteiger charge is 2.35. The molecule has 0 saturated carbocycles. The molecular formula is C20H20F4N2O4S. The van der Waals surface area contributed by atoms with Crippen LogP contribution >= 0.6 is 0 Å². The van der Waals surface area contributed by atoms with Crippen molar-refractivity contribution in [1.82, 2.24) is 4.31 Å². The highest BCUT2D eigenvalue weighted by molar-refractivity contribution is 7.89. The lowest BCUT2D eigenvalue weighted by molar-refractivity contribution is -0.140. The summed E-state index contributed by atoms with van der Waals surface area (Å²) < 4.78 is 79.2. The van der Waals surface area contributed by atoms with Gasteiger partial charge in [0.15, 0.2) is 0 Å². The number of nitrogens with zero attached hydrogens (tertiary/aromatic N) is 2. The number of carbonyl (C=O) groups is 1. The molecule has 1 aliphatic heterocycles. The fourth-order valence-electron chi connectivity index (χ4n) is 3.43. The van der Waals surface area contributed by atoms with E-state index in [1.165, 1.54) is 16.4 Å². The minimum atomic E-state index is -4.79. The van der Waals surface area contributed by atoms with Crippen LogP contribution in [0.3, 0.4) is 0 Å². The van der Waals surface area contributed by atoms with E-state index in [2.05, 4.69) is 0 Å². The number of rotatable bonds is 5. The summed E-state index contributed by atoms with van der Waals surface area (Å²) in [6.45, 7) is 2.12. The summed E-state index contributed by atoms with van der Waals surface area (Å²) in [6, 6.07) is 6.93. The molecule has 1 N–H and O–H groups in total. The van der Waals surface area contributed by atoms with Crippen LogP contribution in [0.2, 0.25) is 0 Å². The zero-order valence-corrected chi connectivity index (χ0v) is 17.3. The van der Waals surface area contributed by atoms with E-state index in [0.29, 0.717) is 17.2 Å². The Morgan fingerprint density at radius 1 is 1.06 bits per heavy atom. The Bertz CT molecular complexity index is 1090. The first kappa shape index (κ1) is 23.0. The molecule has 31 heavy (non-hydrogen) atoms. The van der Waals surface area contributed by atoms with E-state index in [4.69, 9.17) is 5.11 Å². The Morgan fingerprint density at radius 3 is 2.26 bits per heavy atom. The van der Waals surface area contributed by atoms with Crippen molar-refractivity contribution in [2.45, 2.75) is 24.4 Å². The van der Waals surface area contributed by atoms with Crippen LogP contribution in [0.4, 0.5) is 23.2 Å². The van der Waals surface area contributed by atoms with Crippen LogP contribution in [0, 0.1) is 12.7 Å². The second-order valence-corrected chi connectivity index (χ2v) is 9.15. The van der Waals surface area contributed by atoms with E-state index in [-0.39, 0.29) is 43.2 Å². The van der Waals surface area contributed by atoms with Gasteiger partial charge in [-0.3, -0.25) is 4.79 Å². The van der Waals surface area contributed by atoms with Crippen LogP contribution in [0.15, 0.2) is 41.3 Å². The van der Waals surface area contributed by atoms with E-state index in [1.807, 2.05) is 0 Å². The number of halogens is 4. The average Bonchev–Trinajstić information content (AvgIpc) is 2.68. The van der Waals surface area contributed by atoms with E-state index < -0.39 is 33.5 Å². The van der Waals surface area contributed by atoms with Gasteiger partial charge in [-0.25, -0.2) is 12.8 Å². The van der Waals surface area contributed by atoms with Crippen LogP contribution in [0.25, 0.3) is 0 Å². The van der Waals surface area contributed by atoms with Crippen molar-refractivity contribution in [3.8, 4) is 0 Å². The Balaban J connectivity index is 1.75. The van der Waals surface area contributed by atoms with Crippen LogP contribution < -0.4 is 4.90 Å². The molecule has 168 valence electrons. The molecule has 1 fully saturated rings. The predicted molar refractivity (Wildman–Crippen MR) is 105 cm³/mol. The number of carboxylic acids is 1.